The summed E-state index contributed by atoms with van der Waals surface area (Å²) in [5.41, 5.74) is 2.21. The van der Waals surface area contributed by atoms with Crippen molar-refractivity contribution in [2.45, 2.75) is 6.92 Å². The highest BCUT2D eigenvalue weighted by Crippen LogP contribution is 2.29. The van der Waals surface area contributed by atoms with Crippen molar-refractivity contribution in [2.75, 3.05) is 6.61 Å². The molecule has 0 aliphatic heterocycles. The van der Waals surface area contributed by atoms with E-state index in [2.05, 4.69) is 20.9 Å². The van der Waals surface area contributed by atoms with Crippen LogP contribution in [0.3, 0.4) is 0 Å². The third-order valence-corrected chi connectivity index (χ3v) is 4.30. The first-order chi connectivity index (χ1) is 11.1. The number of para-hydroxylation sites is 1. The summed E-state index contributed by atoms with van der Waals surface area (Å²) in [7, 11) is 0. The lowest BCUT2D eigenvalue weighted by atomic mass is 10.0. The normalized spacial score (nSPS) is 10.7. The molecule has 0 saturated carbocycles. The summed E-state index contributed by atoms with van der Waals surface area (Å²) >= 11 is 3.36. The van der Waals surface area contributed by atoms with Gasteiger partial charge in [-0.1, -0.05) is 30.3 Å². The number of hydrogen-bond donors (Lipinski definition) is 1. The summed E-state index contributed by atoms with van der Waals surface area (Å²) in [5.74, 6) is -0.413. The van der Waals surface area contributed by atoms with E-state index in [1.54, 1.807) is 31.2 Å². The predicted molar refractivity (Wildman–Crippen MR) is 93.7 cm³/mol. The highest BCUT2D eigenvalue weighted by Gasteiger charge is 2.18. The van der Waals surface area contributed by atoms with Crippen molar-refractivity contribution in [3.63, 3.8) is 0 Å². The van der Waals surface area contributed by atoms with E-state index in [1.165, 1.54) is 0 Å². The fraction of sp³-hybridized carbons (Fsp3) is 0.111. The van der Waals surface area contributed by atoms with Gasteiger partial charge in [-0.25, -0.2) is 4.79 Å². The minimum atomic E-state index is -0.413. The van der Waals surface area contributed by atoms with Crippen LogP contribution in [0.1, 0.15) is 17.3 Å². The number of carbonyl (C=O) groups excluding carboxylic acids is 1. The number of benzene rings is 2. The van der Waals surface area contributed by atoms with Gasteiger partial charge >= 0.3 is 5.97 Å². The van der Waals surface area contributed by atoms with Gasteiger partial charge < -0.3 is 9.72 Å². The van der Waals surface area contributed by atoms with Gasteiger partial charge in [0.25, 0.3) is 0 Å². The Labute approximate surface area is 141 Å². The van der Waals surface area contributed by atoms with Crippen molar-refractivity contribution in [3.05, 3.63) is 68.8 Å². The number of ether oxygens (including phenoxy) is 1. The molecule has 0 saturated heterocycles. The molecule has 0 aliphatic carbocycles. The Kier molecular flexibility index (Phi) is 4.30. The van der Waals surface area contributed by atoms with Gasteiger partial charge in [0.1, 0.15) is 0 Å². The molecule has 1 N–H and O–H groups in total. The summed E-state index contributed by atoms with van der Waals surface area (Å²) < 4.78 is 5.50. The monoisotopic (exact) mass is 371 g/mol. The number of aromatic nitrogens is 1. The number of halogens is 1. The van der Waals surface area contributed by atoms with E-state index < -0.39 is 5.97 Å². The molecule has 1 aromatic heterocycles. The largest absolute Gasteiger partial charge is 0.462 e. The van der Waals surface area contributed by atoms with Gasteiger partial charge in [0.15, 0.2) is 0 Å². The number of fused-ring (bicyclic) bond motifs is 1. The molecule has 5 heteroatoms. The quantitative estimate of drug-likeness (QED) is 0.704. The van der Waals surface area contributed by atoms with Gasteiger partial charge in [-0.15, -0.1) is 0 Å². The number of nitrogens with one attached hydrogen (secondary N) is 1. The zero-order valence-electron chi connectivity index (χ0n) is 12.4. The standard InChI is InChI=1S/C18H14BrNO3/c1-2-23-18(22)12-8-4-3-7-11(12)16-15(19)17(21)13-9-5-6-10-14(13)20-16/h3-10H,2H2,1H3,(H,20,21). The first-order valence-corrected chi connectivity index (χ1v) is 7.99. The van der Waals surface area contributed by atoms with Crippen LogP contribution in [0.15, 0.2) is 57.8 Å². The predicted octanol–water partition coefficient (Wildman–Crippen LogP) is 4.13. The first kappa shape index (κ1) is 15.5. The molecule has 23 heavy (non-hydrogen) atoms. The SMILES string of the molecule is CCOC(=O)c1ccccc1-c1[nH]c2ccccc2c(=O)c1Br. The van der Waals surface area contributed by atoms with Crippen LogP contribution in [0.5, 0.6) is 0 Å². The number of H-pyrrole nitrogens is 1. The van der Waals surface area contributed by atoms with Crippen LogP contribution in [0, 0.1) is 0 Å². The molecule has 0 unspecified atom stereocenters. The molecule has 0 fully saturated rings. The first-order valence-electron chi connectivity index (χ1n) is 7.20. The topological polar surface area (TPSA) is 59.2 Å². The van der Waals surface area contributed by atoms with Crippen LogP contribution in [-0.4, -0.2) is 17.6 Å². The molecule has 1 heterocycles. The third-order valence-electron chi connectivity index (χ3n) is 3.54. The molecule has 116 valence electrons. The number of carbonyl (C=O) groups is 1. The molecule has 0 bridgehead atoms. The van der Waals surface area contributed by atoms with Gasteiger partial charge in [0.05, 0.1) is 22.3 Å². The molecular weight excluding hydrogens is 358 g/mol. The number of esters is 1. The van der Waals surface area contributed by atoms with Crippen LogP contribution >= 0.6 is 15.9 Å². The van der Waals surface area contributed by atoms with E-state index in [-0.39, 0.29) is 5.43 Å². The summed E-state index contributed by atoms with van der Waals surface area (Å²) in [5, 5.41) is 0.594. The van der Waals surface area contributed by atoms with Crippen molar-refractivity contribution in [3.8, 4) is 11.3 Å². The highest BCUT2D eigenvalue weighted by atomic mass is 79.9. The minimum absolute atomic E-state index is 0.118. The summed E-state index contributed by atoms with van der Waals surface area (Å²) in [4.78, 5) is 28.0. The maximum absolute atomic E-state index is 12.5. The molecular formula is C18H14BrNO3. The average Bonchev–Trinajstić information content (AvgIpc) is 2.58. The van der Waals surface area contributed by atoms with Gasteiger partial charge in [-0.2, -0.15) is 0 Å². The zero-order valence-corrected chi connectivity index (χ0v) is 14.0. The van der Waals surface area contributed by atoms with Crippen molar-refractivity contribution < 1.29 is 9.53 Å². The van der Waals surface area contributed by atoms with Crippen molar-refractivity contribution in [2.24, 2.45) is 0 Å². The second-order valence-electron chi connectivity index (χ2n) is 4.95. The van der Waals surface area contributed by atoms with Crippen molar-refractivity contribution >= 4 is 32.8 Å². The molecule has 0 radical (unpaired) electrons. The van der Waals surface area contributed by atoms with E-state index in [1.807, 2.05) is 24.3 Å². The minimum Gasteiger partial charge on any atom is -0.462 e. The van der Waals surface area contributed by atoms with Gasteiger partial charge in [0.2, 0.25) is 5.43 Å². The maximum atomic E-state index is 12.5. The number of hydrogen-bond acceptors (Lipinski definition) is 3. The maximum Gasteiger partial charge on any atom is 0.338 e. The van der Waals surface area contributed by atoms with Crippen molar-refractivity contribution in [1.82, 2.24) is 4.98 Å². The van der Waals surface area contributed by atoms with E-state index >= 15 is 0 Å². The molecule has 4 nitrogen and oxygen atoms in total. The Morgan fingerprint density at radius 2 is 1.83 bits per heavy atom. The van der Waals surface area contributed by atoms with Gasteiger partial charge in [-0.3, -0.25) is 4.79 Å². The van der Waals surface area contributed by atoms with Crippen LogP contribution in [0.4, 0.5) is 0 Å². The number of rotatable bonds is 3. The molecule has 2 aromatic carbocycles. The fourth-order valence-corrected chi connectivity index (χ4v) is 3.01. The van der Waals surface area contributed by atoms with E-state index in [0.29, 0.717) is 33.3 Å². The average molecular weight is 372 g/mol. The Balaban J connectivity index is 2.28. The van der Waals surface area contributed by atoms with Crippen molar-refractivity contribution in [1.29, 1.82) is 0 Å². The molecule has 3 aromatic rings. The molecule has 0 atom stereocenters. The second kappa shape index (κ2) is 6.38. The Bertz CT molecular complexity index is 946. The van der Waals surface area contributed by atoms with E-state index in [9.17, 15) is 9.59 Å². The third kappa shape index (κ3) is 2.80. The Morgan fingerprint density at radius 3 is 2.61 bits per heavy atom. The van der Waals surface area contributed by atoms with Crippen LogP contribution in [-0.2, 0) is 4.74 Å². The second-order valence-corrected chi connectivity index (χ2v) is 5.75. The summed E-state index contributed by atoms with van der Waals surface area (Å²) in [6.45, 7) is 2.05. The molecule has 0 spiro atoms. The number of pyridine rings is 1. The highest BCUT2D eigenvalue weighted by molar-refractivity contribution is 9.10. The lowest BCUT2D eigenvalue weighted by molar-refractivity contribution is 0.0527. The summed E-state index contributed by atoms with van der Waals surface area (Å²) in [6.07, 6.45) is 0. The molecule has 0 amide bonds. The lowest BCUT2D eigenvalue weighted by Crippen LogP contribution is -2.10. The van der Waals surface area contributed by atoms with Crippen LogP contribution < -0.4 is 5.43 Å². The van der Waals surface area contributed by atoms with E-state index in [0.717, 1.165) is 5.52 Å². The lowest BCUT2D eigenvalue weighted by Gasteiger charge is -2.11. The zero-order chi connectivity index (χ0) is 16.4. The smallest absolute Gasteiger partial charge is 0.338 e. The summed E-state index contributed by atoms with van der Waals surface area (Å²) in [6, 6.07) is 14.3. The number of aromatic amines is 1. The molecule has 3 rings (SSSR count). The molecule has 0 aliphatic rings. The van der Waals surface area contributed by atoms with Gasteiger partial charge in [-0.05, 0) is 41.1 Å². The van der Waals surface area contributed by atoms with Gasteiger partial charge in [0, 0.05) is 16.5 Å². The Hall–Kier alpha value is -2.40. The Morgan fingerprint density at radius 1 is 1.13 bits per heavy atom. The van der Waals surface area contributed by atoms with Crippen LogP contribution in [0.25, 0.3) is 22.2 Å². The fourth-order valence-electron chi connectivity index (χ4n) is 2.48. The van der Waals surface area contributed by atoms with Crippen LogP contribution in [0.2, 0.25) is 0 Å². The van der Waals surface area contributed by atoms with E-state index in [4.69, 9.17) is 4.74 Å².